The fourth-order valence-corrected chi connectivity index (χ4v) is 2.66. The molecule has 1 aromatic rings. The molecule has 0 N–H and O–H groups in total. The molecule has 0 aromatic heterocycles. The van der Waals surface area contributed by atoms with Gasteiger partial charge in [0, 0.05) is 4.90 Å². The number of hydrogen-bond acceptors (Lipinski definition) is 2. The highest BCUT2D eigenvalue weighted by molar-refractivity contribution is 7.80. The van der Waals surface area contributed by atoms with Gasteiger partial charge < -0.3 is 4.74 Å². The van der Waals surface area contributed by atoms with Crippen molar-refractivity contribution < 1.29 is 4.74 Å². The number of fused-ring (bicyclic) bond motifs is 1. The maximum atomic E-state index is 6.13. The van der Waals surface area contributed by atoms with Gasteiger partial charge in [0.05, 0.1) is 0 Å². The summed E-state index contributed by atoms with van der Waals surface area (Å²) in [6.45, 7) is 10.7. The van der Waals surface area contributed by atoms with E-state index in [4.69, 9.17) is 4.74 Å². The van der Waals surface area contributed by atoms with Crippen molar-refractivity contribution in [1.82, 2.24) is 0 Å². The molecule has 0 bridgehead atoms. The molecule has 0 radical (unpaired) electrons. The fraction of sp³-hybridized carbons (Fsp3) is 0.571. The molecule has 0 atom stereocenters. The van der Waals surface area contributed by atoms with Crippen LogP contribution in [-0.4, -0.2) is 5.60 Å². The first-order valence-corrected chi connectivity index (χ1v) is 6.29. The van der Waals surface area contributed by atoms with Crippen LogP contribution in [0.3, 0.4) is 0 Å². The second-order valence-corrected chi connectivity index (χ2v) is 5.84. The van der Waals surface area contributed by atoms with Crippen LogP contribution in [0.1, 0.15) is 42.5 Å². The number of ether oxygens (including phenoxy) is 1. The van der Waals surface area contributed by atoms with E-state index in [1.54, 1.807) is 0 Å². The third-order valence-electron chi connectivity index (χ3n) is 3.70. The molecule has 1 aromatic carbocycles. The first-order valence-electron chi connectivity index (χ1n) is 5.84. The molecule has 1 heterocycles. The van der Waals surface area contributed by atoms with Gasteiger partial charge in [0.1, 0.15) is 11.4 Å². The van der Waals surface area contributed by atoms with Gasteiger partial charge >= 0.3 is 0 Å². The lowest BCUT2D eigenvalue weighted by Crippen LogP contribution is -2.33. The lowest BCUT2D eigenvalue weighted by atomic mass is 9.88. The average Bonchev–Trinajstić information content (AvgIpc) is 2.22. The van der Waals surface area contributed by atoms with E-state index >= 15 is 0 Å². The Kier molecular flexibility index (Phi) is 2.73. The topological polar surface area (TPSA) is 9.23 Å². The van der Waals surface area contributed by atoms with Crippen molar-refractivity contribution in [2.24, 2.45) is 0 Å². The Morgan fingerprint density at radius 3 is 2.31 bits per heavy atom. The largest absolute Gasteiger partial charge is 0.487 e. The molecule has 1 aliphatic rings. The number of hydrogen-bond donors (Lipinski definition) is 1. The van der Waals surface area contributed by atoms with Crippen molar-refractivity contribution in [1.29, 1.82) is 0 Å². The molecule has 0 aliphatic carbocycles. The second kappa shape index (κ2) is 3.69. The molecule has 0 fully saturated rings. The van der Waals surface area contributed by atoms with Crippen LogP contribution in [0.25, 0.3) is 0 Å². The number of thiol groups is 1. The van der Waals surface area contributed by atoms with E-state index in [2.05, 4.69) is 47.2 Å². The van der Waals surface area contributed by atoms with Crippen LogP contribution in [0.15, 0.2) is 4.90 Å². The Morgan fingerprint density at radius 1 is 1.06 bits per heavy atom. The molecule has 0 amide bonds. The van der Waals surface area contributed by atoms with Gasteiger partial charge in [0.25, 0.3) is 0 Å². The zero-order chi connectivity index (χ0) is 12.1. The Hall–Kier alpha value is -0.630. The summed E-state index contributed by atoms with van der Waals surface area (Å²) in [6.07, 6.45) is 2.18. The summed E-state index contributed by atoms with van der Waals surface area (Å²) < 4.78 is 6.13. The normalized spacial score (nSPS) is 17.9. The van der Waals surface area contributed by atoms with Crippen molar-refractivity contribution in [2.45, 2.75) is 58.0 Å². The van der Waals surface area contributed by atoms with E-state index in [0.29, 0.717) is 0 Å². The smallest absolute Gasteiger partial charge is 0.126 e. The quantitative estimate of drug-likeness (QED) is 0.670. The molecular weight excluding hydrogens is 216 g/mol. The molecule has 1 aliphatic heterocycles. The first-order chi connectivity index (χ1) is 7.33. The Bertz CT molecular complexity index is 447. The van der Waals surface area contributed by atoms with E-state index < -0.39 is 0 Å². The van der Waals surface area contributed by atoms with Gasteiger partial charge in [-0.15, -0.1) is 12.6 Å². The van der Waals surface area contributed by atoms with Crippen LogP contribution in [0, 0.1) is 20.8 Å². The van der Waals surface area contributed by atoms with Crippen LogP contribution in [0.4, 0.5) is 0 Å². The van der Waals surface area contributed by atoms with Crippen LogP contribution < -0.4 is 4.74 Å². The molecule has 2 heteroatoms. The van der Waals surface area contributed by atoms with Crippen molar-refractivity contribution in [3.05, 3.63) is 22.3 Å². The summed E-state index contributed by atoms with van der Waals surface area (Å²) in [5.41, 5.74) is 5.11. The Labute approximate surface area is 104 Å². The minimum atomic E-state index is -0.0330. The molecule has 0 saturated carbocycles. The van der Waals surface area contributed by atoms with Crippen molar-refractivity contribution in [3.63, 3.8) is 0 Å². The highest BCUT2D eigenvalue weighted by Gasteiger charge is 2.30. The molecule has 16 heavy (non-hydrogen) atoms. The highest BCUT2D eigenvalue weighted by atomic mass is 32.1. The maximum absolute atomic E-state index is 6.13. The van der Waals surface area contributed by atoms with Gasteiger partial charge in [-0.2, -0.15) is 0 Å². The van der Waals surface area contributed by atoms with E-state index in [1.165, 1.54) is 22.3 Å². The van der Waals surface area contributed by atoms with Gasteiger partial charge in [-0.05, 0) is 69.7 Å². The maximum Gasteiger partial charge on any atom is 0.126 e. The summed E-state index contributed by atoms with van der Waals surface area (Å²) in [5.74, 6) is 1.10. The summed E-state index contributed by atoms with van der Waals surface area (Å²) in [6, 6.07) is 0. The summed E-state index contributed by atoms with van der Waals surface area (Å²) in [5, 5.41) is 0. The standard InChI is InChI=1S/C14H20OS/c1-8-9(2)13(16)10(3)11-6-7-14(4,5)15-12(8)11/h16H,6-7H2,1-5H3. The molecule has 1 nitrogen and oxygen atoms in total. The predicted octanol–water partition coefficient (Wildman–Crippen LogP) is 4.00. The molecule has 2 rings (SSSR count). The SMILES string of the molecule is Cc1c(C)c2c(c(C)c1S)CCC(C)(C)O2. The fourth-order valence-electron chi connectivity index (χ4n) is 2.36. The van der Waals surface area contributed by atoms with E-state index in [-0.39, 0.29) is 5.60 Å². The van der Waals surface area contributed by atoms with Gasteiger partial charge in [-0.1, -0.05) is 0 Å². The molecule has 0 unspecified atom stereocenters. The number of rotatable bonds is 0. The van der Waals surface area contributed by atoms with Crippen LogP contribution >= 0.6 is 12.6 Å². The minimum Gasteiger partial charge on any atom is -0.487 e. The highest BCUT2D eigenvalue weighted by Crippen LogP contribution is 2.41. The lowest BCUT2D eigenvalue weighted by Gasteiger charge is -2.35. The third kappa shape index (κ3) is 1.73. The monoisotopic (exact) mass is 236 g/mol. The summed E-state index contributed by atoms with van der Waals surface area (Å²) in [4.78, 5) is 1.12. The second-order valence-electron chi connectivity index (χ2n) is 5.39. The van der Waals surface area contributed by atoms with Gasteiger partial charge in [-0.25, -0.2) is 0 Å². The van der Waals surface area contributed by atoms with E-state index in [0.717, 1.165) is 23.5 Å². The van der Waals surface area contributed by atoms with Gasteiger partial charge in [0.15, 0.2) is 0 Å². The van der Waals surface area contributed by atoms with Crippen LogP contribution in [0.5, 0.6) is 5.75 Å². The summed E-state index contributed by atoms with van der Waals surface area (Å²) >= 11 is 4.60. The Morgan fingerprint density at radius 2 is 1.69 bits per heavy atom. The molecule has 88 valence electrons. The number of benzene rings is 1. The van der Waals surface area contributed by atoms with Crippen molar-refractivity contribution in [2.75, 3.05) is 0 Å². The molecular formula is C14H20OS. The first kappa shape index (κ1) is 11.8. The van der Waals surface area contributed by atoms with Crippen molar-refractivity contribution >= 4 is 12.6 Å². The average molecular weight is 236 g/mol. The molecule has 0 saturated heterocycles. The minimum absolute atomic E-state index is 0.0330. The third-order valence-corrected chi connectivity index (χ3v) is 4.37. The van der Waals surface area contributed by atoms with Crippen molar-refractivity contribution in [3.8, 4) is 5.75 Å². The predicted molar refractivity (Wildman–Crippen MR) is 70.9 cm³/mol. The van der Waals surface area contributed by atoms with Gasteiger partial charge in [-0.3, -0.25) is 0 Å². The van der Waals surface area contributed by atoms with Crippen LogP contribution in [-0.2, 0) is 6.42 Å². The van der Waals surface area contributed by atoms with E-state index in [1.807, 2.05) is 0 Å². The molecule has 0 spiro atoms. The van der Waals surface area contributed by atoms with Crippen LogP contribution in [0.2, 0.25) is 0 Å². The zero-order valence-electron chi connectivity index (χ0n) is 10.8. The summed E-state index contributed by atoms with van der Waals surface area (Å²) in [7, 11) is 0. The Balaban J connectivity index is 2.65. The lowest BCUT2D eigenvalue weighted by molar-refractivity contribution is 0.0832. The zero-order valence-corrected chi connectivity index (χ0v) is 11.7. The van der Waals surface area contributed by atoms with Gasteiger partial charge in [0.2, 0.25) is 0 Å². The van der Waals surface area contributed by atoms with E-state index in [9.17, 15) is 0 Å².